The second-order valence-corrected chi connectivity index (χ2v) is 7.10. The molecule has 1 N–H and O–H groups in total. The van der Waals surface area contributed by atoms with Crippen LogP contribution in [0.5, 0.6) is 5.75 Å². The molecule has 7 heteroatoms. The number of amides is 2. The van der Waals surface area contributed by atoms with Crippen LogP contribution in [-0.2, 0) is 19.1 Å². The average Bonchev–Trinajstić information content (AvgIpc) is 3.09. The predicted molar refractivity (Wildman–Crippen MR) is 109 cm³/mol. The second kappa shape index (κ2) is 8.77. The van der Waals surface area contributed by atoms with Gasteiger partial charge in [0.15, 0.2) is 6.61 Å². The summed E-state index contributed by atoms with van der Waals surface area (Å²) in [6.45, 7) is 3.68. The number of carbonyl (C=O) groups excluding carboxylic acids is 3. The van der Waals surface area contributed by atoms with Gasteiger partial charge in [0.05, 0.1) is 18.7 Å². The maximum Gasteiger partial charge on any atom is 0.311 e. The molecule has 0 aliphatic carbocycles. The molecule has 1 aliphatic rings. The first-order chi connectivity index (χ1) is 13.9. The number of ether oxygens (including phenoxy) is 2. The zero-order valence-corrected chi connectivity index (χ0v) is 16.7. The lowest BCUT2D eigenvalue weighted by Crippen LogP contribution is -2.28. The highest BCUT2D eigenvalue weighted by Crippen LogP contribution is 2.27. The van der Waals surface area contributed by atoms with Gasteiger partial charge in [-0.1, -0.05) is 23.8 Å². The Kier molecular flexibility index (Phi) is 6.16. The molecule has 1 unspecified atom stereocenters. The highest BCUT2D eigenvalue weighted by Gasteiger charge is 2.36. The molecule has 1 aliphatic heterocycles. The van der Waals surface area contributed by atoms with Crippen LogP contribution in [0, 0.1) is 19.8 Å². The molecule has 2 aromatic carbocycles. The van der Waals surface area contributed by atoms with Gasteiger partial charge in [0, 0.05) is 18.7 Å². The molecule has 0 bridgehead atoms. The lowest BCUT2D eigenvalue weighted by molar-refractivity contribution is -0.151. The summed E-state index contributed by atoms with van der Waals surface area (Å²) in [4.78, 5) is 38.4. The fraction of sp³-hybridized carbons (Fsp3) is 0.318. The third-order valence-corrected chi connectivity index (χ3v) is 4.78. The summed E-state index contributed by atoms with van der Waals surface area (Å²) < 4.78 is 10.4. The van der Waals surface area contributed by atoms with Gasteiger partial charge in [0.2, 0.25) is 5.91 Å². The van der Waals surface area contributed by atoms with Crippen LogP contribution in [0.15, 0.2) is 42.5 Å². The van der Waals surface area contributed by atoms with Gasteiger partial charge in [-0.25, -0.2) is 0 Å². The van der Waals surface area contributed by atoms with Crippen molar-refractivity contribution in [2.24, 2.45) is 5.92 Å². The first kappa shape index (κ1) is 20.4. The minimum Gasteiger partial charge on any atom is -0.495 e. The van der Waals surface area contributed by atoms with Crippen LogP contribution in [-0.4, -0.2) is 38.0 Å². The monoisotopic (exact) mass is 396 g/mol. The molecule has 0 spiro atoms. The van der Waals surface area contributed by atoms with E-state index in [4.69, 9.17) is 9.47 Å². The summed E-state index contributed by atoms with van der Waals surface area (Å²) in [6, 6.07) is 12.9. The van der Waals surface area contributed by atoms with E-state index in [1.54, 1.807) is 17.0 Å². The summed E-state index contributed by atoms with van der Waals surface area (Å²) in [7, 11) is 1.51. The quantitative estimate of drug-likeness (QED) is 0.759. The standard InChI is InChI=1S/C22H24N2O5/c1-14-4-7-17(8-5-14)24-12-16(11-21(24)26)22(27)29-13-20(25)23-18-10-15(2)6-9-19(18)28-3/h4-10,16H,11-13H2,1-3H3,(H,23,25). The SMILES string of the molecule is COc1ccc(C)cc1NC(=O)COC(=O)C1CC(=O)N(c2ccc(C)cc2)C1. The van der Waals surface area contributed by atoms with E-state index in [2.05, 4.69) is 5.32 Å². The number of esters is 1. The van der Waals surface area contributed by atoms with Crippen molar-refractivity contribution in [3.05, 3.63) is 53.6 Å². The number of nitrogens with zero attached hydrogens (tertiary/aromatic N) is 1. The van der Waals surface area contributed by atoms with Gasteiger partial charge in [-0.3, -0.25) is 14.4 Å². The fourth-order valence-electron chi connectivity index (χ4n) is 3.20. The van der Waals surface area contributed by atoms with E-state index < -0.39 is 24.4 Å². The molecule has 1 atom stereocenters. The number of carbonyl (C=O) groups is 3. The number of hydrogen-bond acceptors (Lipinski definition) is 5. The summed E-state index contributed by atoms with van der Waals surface area (Å²) in [5.41, 5.74) is 3.31. The Morgan fingerprint density at radius 3 is 2.48 bits per heavy atom. The number of aryl methyl sites for hydroxylation is 2. The van der Waals surface area contributed by atoms with Gasteiger partial charge in [0.25, 0.3) is 5.91 Å². The Labute approximate surface area is 169 Å². The second-order valence-electron chi connectivity index (χ2n) is 7.10. The number of nitrogens with one attached hydrogen (secondary N) is 1. The number of methoxy groups -OCH3 is 1. The van der Waals surface area contributed by atoms with Crippen molar-refractivity contribution in [3.8, 4) is 5.75 Å². The smallest absolute Gasteiger partial charge is 0.311 e. The Morgan fingerprint density at radius 1 is 1.10 bits per heavy atom. The maximum absolute atomic E-state index is 12.4. The van der Waals surface area contributed by atoms with Crippen LogP contribution in [0.25, 0.3) is 0 Å². The van der Waals surface area contributed by atoms with Crippen molar-refractivity contribution < 1.29 is 23.9 Å². The van der Waals surface area contributed by atoms with E-state index in [0.29, 0.717) is 11.4 Å². The van der Waals surface area contributed by atoms with E-state index in [0.717, 1.165) is 16.8 Å². The minimum atomic E-state index is -0.592. The molecule has 2 aromatic rings. The van der Waals surface area contributed by atoms with Crippen molar-refractivity contribution in [1.29, 1.82) is 0 Å². The highest BCUT2D eigenvalue weighted by atomic mass is 16.5. The molecule has 29 heavy (non-hydrogen) atoms. The summed E-state index contributed by atoms with van der Waals surface area (Å²) in [5, 5.41) is 2.68. The molecular formula is C22H24N2O5. The van der Waals surface area contributed by atoms with Crippen molar-refractivity contribution in [3.63, 3.8) is 0 Å². The highest BCUT2D eigenvalue weighted by molar-refractivity contribution is 6.00. The van der Waals surface area contributed by atoms with Crippen molar-refractivity contribution in [2.75, 3.05) is 30.5 Å². The third kappa shape index (κ3) is 4.93. The molecule has 1 fully saturated rings. The zero-order valence-electron chi connectivity index (χ0n) is 16.7. The van der Waals surface area contributed by atoms with E-state index in [9.17, 15) is 14.4 Å². The Hall–Kier alpha value is -3.35. The van der Waals surface area contributed by atoms with Crippen LogP contribution in [0.1, 0.15) is 17.5 Å². The van der Waals surface area contributed by atoms with Crippen molar-refractivity contribution in [2.45, 2.75) is 20.3 Å². The first-order valence-corrected chi connectivity index (χ1v) is 9.35. The van der Waals surface area contributed by atoms with Gasteiger partial charge in [0.1, 0.15) is 5.75 Å². The van der Waals surface area contributed by atoms with Crippen LogP contribution in [0.4, 0.5) is 11.4 Å². The Morgan fingerprint density at radius 2 is 1.79 bits per heavy atom. The van der Waals surface area contributed by atoms with Crippen LogP contribution in [0.2, 0.25) is 0 Å². The normalized spacial score (nSPS) is 15.9. The minimum absolute atomic E-state index is 0.0695. The van der Waals surface area contributed by atoms with Crippen molar-refractivity contribution >= 4 is 29.2 Å². The summed E-state index contributed by atoms with van der Waals surface area (Å²) >= 11 is 0. The largest absolute Gasteiger partial charge is 0.495 e. The number of rotatable bonds is 6. The van der Waals surface area contributed by atoms with Crippen LogP contribution < -0.4 is 15.0 Å². The number of anilines is 2. The lowest BCUT2D eigenvalue weighted by Gasteiger charge is -2.16. The molecule has 152 valence electrons. The van der Waals surface area contributed by atoms with Gasteiger partial charge >= 0.3 is 5.97 Å². The summed E-state index contributed by atoms with van der Waals surface area (Å²) in [5.74, 6) is -1.23. The van der Waals surface area contributed by atoms with E-state index in [1.807, 2.05) is 44.2 Å². The molecule has 0 saturated carbocycles. The maximum atomic E-state index is 12.4. The van der Waals surface area contributed by atoms with Crippen LogP contribution in [0.3, 0.4) is 0 Å². The van der Waals surface area contributed by atoms with Crippen molar-refractivity contribution in [1.82, 2.24) is 0 Å². The van der Waals surface area contributed by atoms with E-state index in [1.165, 1.54) is 7.11 Å². The van der Waals surface area contributed by atoms with Gasteiger partial charge in [-0.15, -0.1) is 0 Å². The van der Waals surface area contributed by atoms with E-state index in [-0.39, 0.29) is 18.9 Å². The molecule has 1 saturated heterocycles. The Bertz CT molecular complexity index is 923. The molecule has 2 amide bonds. The first-order valence-electron chi connectivity index (χ1n) is 9.35. The van der Waals surface area contributed by atoms with E-state index >= 15 is 0 Å². The Balaban J connectivity index is 1.54. The molecule has 0 radical (unpaired) electrons. The van der Waals surface area contributed by atoms with Gasteiger partial charge < -0.3 is 19.7 Å². The number of hydrogen-bond donors (Lipinski definition) is 1. The predicted octanol–water partition coefficient (Wildman–Crippen LogP) is 2.85. The number of benzene rings is 2. The third-order valence-electron chi connectivity index (χ3n) is 4.78. The topological polar surface area (TPSA) is 84.9 Å². The molecule has 3 rings (SSSR count). The molecule has 0 aromatic heterocycles. The molecule has 1 heterocycles. The molecule has 7 nitrogen and oxygen atoms in total. The van der Waals surface area contributed by atoms with Crippen LogP contribution >= 0.6 is 0 Å². The fourth-order valence-corrected chi connectivity index (χ4v) is 3.20. The average molecular weight is 396 g/mol. The molecular weight excluding hydrogens is 372 g/mol. The zero-order chi connectivity index (χ0) is 21.0. The van der Waals surface area contributed by atoms with Gasteiger partial charge in [-0.2, -0.15) is 0 Å². The lowest BCUT2D eigenvalue weighted by atomic mass is 10.1. The summed E-state index contributed by atoms with van der Waals surface area (Å²) in [6.07, 6.45) is 0.0695. The van der Waals surface area contributed by atoms with Gasteiger partial charge in [-0.05, 0) is 43.7 Å².